The second-order valence-electron chi connectivity index (χ2n) is 8.51. The molecule has 0 saturated carbocycles. The number of amides is 1. The lowest BCUT2D eigenvalue weighted by Gasteiger charge is -2.28. The summed E-state index contributed by atoms with van der Waals surface area (Å²) >= 11 is 1.44. The van der Waals surface area contributed by atoms with Gasteiger partial charge < -0.3 is 15.0 Å². The number of thiazole rings is 1. The molecule has 1 fully saturated rings. The number of nitrogens with zero attached hydrogens (tertiary/aromatic N) is 3. The van der Waals surface area contributed by atoms with E-state index in [0.717, 1.165) is 36.3 Å². The zero-order valence-electron chi connectivity index (χ0n) is 18.9. The molecule has 1 aliphatic heterocycles. The van der Waals surface area contributed by atoms with Crippen LogP contribution in [-0.4, -0.2) is 59.7 Å². The standard InChI is InChI=1S/C25H26F2N4O2S/c1-33-22-14-21-23(34-25-29-20(15-31(21)25)17-5-2-3-6-19(17)27)13-18(22)24(32)28-9-4-10-30-11-7-16(26)8-12-30/h2-3,5-6,13-16H,4,7-12H2,1H3,(H,28,32). The number of alkyl halides is 1. The van der Waals surface area contributed by atoms with E-state index in [1.807, 2.05) is 16.5 Å². The molecule has 4 aromatic rings. The topological polar surface area (TPSA) is 58.9 Å². The molecule has 0 radical (unpaired) electrons. The van der Waals surface area contributed by atoms with Crippen LogP contribution < -0.4 is 10.1 Å². The van der Waals surface area contributed by atoms with Gasteiger partial charge in [-0.15, -0.1) is 0 Å². The zero-order chi connectivity index (χ0) is 23.7. The van der Waals surface area contributed by atoms with E-state index in [0.29, 0.717) is 46.9 Å². The molecule has 3 heterocycles. The average Bonchev–Trinajstić information content (AvgIpc) is 3.40. The number of imidazole rings is 1. The van der Waals surface area contributed by atoms with Crippen molar-refractivity contribution in [2.75, 3.05) is 33.3 Å². The van der Waals surface area contributed by atoms with E-state index in [1.54, 1.807) is 24.4 Å². The Morgan fingerprint density at radius 1 is 1.26 bits per heavy atom. The molecule has 0 bridgehead atoms. The van der Waals surface area contributed by atoms with E-state index >= 15 is 0 Å². The van der Waals surface area contributed by atoms with Crippen molar-refractivity contribution in [1.82, 2.24) is 19.6 Å². The Labute approximate surface area is 200 Å². The number of halogens is 2. The number of nitrogens with one attached hydrogen (secondary N) is 1. The number of ether oxygens (including phenoxy) is 1. The first-order chi connectivity index (χ1) is 16.5. The minimum Gasteiger partial charge on any atom is -0.496 e. The van der Waals surface area contributed by atoms with Crippen LogP contribution in [0, 0.1) is 5.82 Å². The number of fused-ring (bicyclic) bond motifs is 3. The Morgan fingerprint density at radius 2 is 2.06 bits per heavy atom. The molecular weight excluding hydrogens is 458 g/mol. The van der Waals surface area contributed by atoms with Crippen LogP contribution in [0.5, 0.6) is 5.75 Å². The lowest BCUT2D eigenvalue weighted by molar-refractivity contribution is 0.0947. The molecule has 0 spiro atoms. The van der Waals surface area contributed by atoms with Gasteiger partial charge in [-0.25, -0.2) is 13.8 Å². The monoisotopic (exact) mass is 484 g/mol. The number of hydrogen-bond donors (Lipinski definition) is 1. The largest absolute Gasteiger partial charge is 0.496 e. The van der Waals surface area contributed by atoms with Crippen LogP contribution in [0.15, 0.2) is 42.6 Å². The number of benzene rings is 2. The van der Waals surface area contributed by atoms with Crippen molar-refractivity contribution in [1.29, 1.82) is 0 Å². The van der Waals surface area contributed by atoms with Gasteiger partial charge >= 0.3 is 0 Å². The smallest absolute Gasteiger partial charge is 0.255 e. The number of carbonyl (C=O) groups excluding carboxylic acids is 1. The van der Waals surface area contributed by atoms with Gasteiger partial charge in [0.25, 0.3) is 5.91 Å². The first kappa shape index (κ1) is 22.7. The molecule has 0 aliphatic carbocycles. The van der Waals surface area contributed by atoms with Crippen molar-refractivity contribution in [3.8, 4) is 17.0 Å². The van der Waals surface area contributed by atoms with Gasteiger partial charge in [-0.3, -0.25) is 9.20 Å². The van der Waals surface area contributed by atoms with Crippen molar-refractivity contribution in [3.05, 3.63) is 54.0 Å². The maximum absolute atomic E-state index is 14.2. The van der Waals surface area contributed by atoms with E-state index < -0.39 is 6.17 Å². The van der Waals surface area contributed by atoms with Gasteiger partial charge in [-0.05, 0) is 44.0 Å². The van der Waals surface area contributed by atoms with Gasteiger partial charge in [-0.2, -0.15) is 0 Å². The van der Waals surface area contributed by atoms with Gasteiger partial charge in [0.1, 0.15) is 17.7 Å². The summed E-state index contributed by atoms with van der Waals surface area (Å²) in [7, 11) is 1.54. The average molecular weight is 485 g/mol. The Kier molecular flexibility index (Phi) is 6.47. The van der Waals surface area contributed by atoms with Crippen LogP contribution in [0.1, 0.15) is 29.6 Å². The number of carbonyl (C=O) groups is 1. The molecule has 0 atom stereocenters. The predicted molar refractivity (Wildman–Crippen MR) is 130 cm³/mol. The third-order valence-electron chi connectivity index (χ3n) is 6.26. The molecule has 1 aliphatic rings. The molecule has 2 aromatic carbocycles. The molecule has 1 saturated heterocycles. The number of rotatable bonds is 7. The summed E-state index contributed by atoms with van der Waals surface area (Å²) in [6, 6.07) is 10.2. The van der Waals surface area contributed by atoms with E-state index in [9.17, 15) is 13.6 Å². The molecule has 1 amide bonds. The molecule has 9 heteroatoms. The number of methoxy groups -OCH3 is 1. The minimum atomic E-state index is -0.676. The molecule has 5 rings (SSSR count). The summed E-state index contributed by atoms with van der Waals surface area (Å²) in [5, 5.41) is 2.97. The first-order valence-corrected chi connectivity index (χ1v) is 12.2. The molecule has 34 heavy (non-hydrogen) atoms. The Hall–Kier alpha value is -3.04. The van der Waals surface area contributed by atoms with E-state index in [2.05, 4.69) is 15.2 Å². The maximum atomic E-state index is 14.2. The summed E-state index contributed by atoms with van der Waals surface area (Å²) in [5.74, 6) is -0.0452. The minimum absolute atomic E-state index is 0.195. The summed E-state index contributed by atoms with van der Waals surface area (Å²) < 4.78 is 35.8. The third-order valence-corrected chi connectivity index (χ3v) is 7.28. The van der Waals surface area contributed by atoms with E-state index in [4.69, 9.17) is 4.74 Å². The highest BCUT2D eigenvalue weighted by molar-refractivity contribution is 7.23. The highest BCUT2D eigenvalue weighted by Gasteiger charge is 2.20. The SMILES string of the molecule is COc1cc2c(cc1C(=O)NCCCN1CCC(F)CC1)sc1nc(-c3ccccc3F)cn12. The van der Waals surface area contributed by atoms with Crippen molar-refractivity contribution in [2.45, 2.75) is 25.4 Å². The molecule has 0 unspecified atom stereocenters. The molecular formula is C25H26F2N4O2S. The lowest BCUT2D eigenvalue weighted by atomic mass is 10.1. The Balaban J connectivity index is 1.31. The van der Waals surface area contributed by atoms with Crippen LogP contribution in [0.4, 0.5) is 8.78 Å². The third kappa shape index (κ3) is 4.50. The lowest BCUT2D eigenvalue weighted by Crippen LogP contribution is -2.36. The second kappa shape index (κ2) is 9.68. The maximum Gasteiger partial charge on any atom is 0.255 e. The first-order valence-electron chi connectivity index (χ1n) is 11.4. The fourth-order valence-electron chi connectivity index (χ4n) is 4.40. The predicted octanol–water partition coefficient (Wildman–Crippen LogP) is 4.92. The van der Waals surface area contributed by atoms with Crippen molar-refractivity contribution < 1.29 is 18.3 Å². The van der Waals surface area contributed by atoms with Crippen LogP contribution >= 0.6 is 11.3 Å². The van der Waals surface area contributed by atoms with E-state index in [-0.39, 0.29) is 11.7 Å². The number of hydrogen-bond acceptors (Lipinski definition) is 5. The highest BCUT2D eigenvalue weighted by Crippen LogP contribution is 2.34. The second-order valence-corrected chi connectivity index (χ2v) is 9.52. The number of piperidine rings is 1. The van der Waals surface area contributed by atoms with Crippen molar-refractivity contribution in [2.24, 2.45) is 0 Å². The van der Waals surface area contributed by atoms with Gasteiger partial charge in [0.2, 0.25) is 0 Å². The fourth-order valence-corrected chi connectivity index (χ4v) is 5.42. The van der Waals surface area contributed by atoms with Crippen molar-refractivity contribution >= 4 is 32.4 Å². The summed E-state index contributed by atoms with van der Waals surface area (Å²) in [4.78, 5) is 20.4. The summed E-state index contributed by atoms with van der Waals surface area (Å²) in [6.07, 6.45) is 3.12. The van der Waals surface area contributed by atoms with Gasteiger partial charge in [0, 0.05) is 37.5 Å². The molecule has 2 aromatic heterocycles. The normalized spacial score (nSPS) is 15.3. The van der Waals surface area contributed by atoms with Gasteiger partial charge in [-0.1, -0.05) is 23.5 Å². The van der Waals surface area contributed by atoms with Crippen molar-refractivity contribution in [3.63, 3.8) is 0 Å². The van der Waals surface area contributed by atoms with Crippen LogP contribution in [0.25, 0.3) is 26.4 Å². The molecule has 178 valence electrons. The fraction of sp³-hybridized carbons (Fsp3) is 0.360. The van der Waals surface area contributed by atoms with Gasteiger partial charge in [0.05, 0.1) is 28.6 Å². The molecule has 1 N–H and O–H groups in total. The zero-order valence-corrected chi connectivity index (χ0v) is 19.7. The van der Waals surface area contributed by atoms with E-state index in [1.165, 1.54) is 24.5 Å². The molecule has 6 nitrogen and oxygen atoms in total. The summed E-state index contributed by atoms with van der Waals surface area (Å²) in [5.41, 5.74) is 2.32. The van der Waals surface area contributed by atoms with Crippen LogP contribution in [0.2, 0.25) is 0 Å². The number of likely N-dealkylation sites (tertiary alicyclic amines) is 1. The number of aromatic nitrogens is 2. The summed E-state index contributed by atoms with van der Waals surface area (Å²) in [6.45, 7) is 2.93. The Bertz CT molecular complexity index is 1330. The van der Waals surface area contributed by atoms with Crippen LogP contribution in [0.3, 0.4) is 0 Å². The quantitative estimate of drug-likeness (QED) is 0.379. The van der Waals surface area contributed by atoms with Gasteiger partial charge in [0.15, 0.2) is 4.96 Å². The highest BCUT2D eigenvalue weighted by atomic mass is 32.1. The Morgan fingerprint density at radius 3 is 2.82 bits per heavy atom. The van der Waals surface area contributed by atoms with Crippen LogP contribution in [-0.2, 0) is 0 Å².